The summed E-state index contributed by atoms with van der Waals surface area (Å²) in [6.07, 6.45) is 4.82. The largest absolute Gasteiger partial charge is 0.491 e. The molecule has 3 atom stereocenters. The third kappa shape index (κ3) is 2.46. The van der Waals surface area contributed by atoms with Crippen LogP contribution < -0.4 is 15.4 Å². The Morgan fingerprint density at radius 2 is 2.21 bits per heavy atom. The van der Waals surface area contributed by atoms with Crippen molar-refractivity contribution in [2.75, 3.05) is 13.2 Å². The average Bonchev–Trinajstić information content (AvgIpc) is 2.86. The summed E-state index contributed by atoms with van der Waals surface area (Å²) < 4.78 is 11.5. The molecular formula is C19H26N2O3. The summed E-state index contributed by atoms with van der Waals surface area (Å²) in [6.45, 7) is 5.35. The molecule has 0 radical (unpaired) electrons. The van der Waals surface area contributed by atoms with E-state index < -0.39 is 0 Å². The second kappa shape index (κ2) is 5.96. The van der Waals surface area contributed by atoms with E-state index in [-0.39, 0.29) is 23.5 Å². The van der Waals surface area contributed by atoms with Crippen LogP contribution in [0.5, 0.6) is 5.75 Å². The normalized spacial score (nSPS) is 29.2. The van der Waals surface area contributed by atoms with Crippen molar-refractivity contribution in [2.24, 2.45) is 5.41 Å². The highest BCUT2D eigenvalue weighted by atomic mass is 16.5. The first-order valence-corrected chi connectivity index (χ1v) is 9.04. The summed E-state index contributed by atoms with van der Waals surface area (Å²) in [4.78, 5) is 12.5. The van der Waals surface area contributed by atoms with Gasteiger partial charge in [-0.05, 0) is 39.2 Å². The molecule has 1 aromatic rings. The molecule has 0 aromatic heterocycles. The van der Waals surface area contributed by atoms with Crippen LogP contribution in [0.1, 0.15) is 49.8 Å². The molecule has 2 aliphatic carbocycles. The van der Waals surface area contributed by atoms with E-state index in [9.17, 15) is 4.79 Å². The Balaban J connectivity index is 1.36. The minimum atomic E-state index is -0.0934. The topological polar surface area (TPSA) is 59.6 Å². The Morgan fingerprint density at radius 1 is 1.38 bits per heavy atom. The smallest absolute Gasteiger partial charge is 0.315 e. The molecule has 1 aliphatic heterocycles. The van der Waals surface area contributed by atoms with Gasteiger partial charge in [0.1, 0.15) is 12.4 Å². The quantitative estimate of drug-likeness (QED) is 0.892. The van der Waals surface area contributed by atoms with Crippen molar-refractivity contribution in [2.45, 2.75) is 57.7 Å². The number of amides is 2. The summed E-state index contributed by atoms with van der Waals surface area (Å²) in [5, 5.41) is 6.26. The van der Waals surface area contributed by atoms with E-state index >= 15 is 0 Å². The molecule has 2 saturated carbocycles. The number of benzene rings is 1. The molecule has 0 unspecified atom stereocenters. The molecule has 24 heavy (non-hydrogen) atoms. The number of carbonyl (C=O) groups excluding carboxylic acids is 1. The van der Waals surface area contributed by atoms with Crippen LogP contribution in [0.25, 0.3) is 0 Å². The van der Waals surface area contributed by atoms with Crippen LogP contribution >= 0.6 is 0 Å². The molecule has 2 fully saturated rings. The minimum absolute atomic E-state index is 0.0694. The zero-order chi connectivity index (χ0) is 16.7. The van der Waals surface area contributed by atoms with Crippen LogP contribution in [-0.4, -0.2) is 31.4 Å². The highest BCUT2D eigenvalue weighted by Gasteiger charge is 2.59. The third-order valence-corrected chi connectivity index (χ3v) is 5.99. The van der Waals surface area contributed by atoms with Gasteiger partial charge in [-0.3, -0.25) is 0 Å². The zero-order valence-corrected chi connectivity index (χ0v) is 14.4. The number of aryl methyl sites for hydroxylation is 1. The second-order valence-corrected chi connectivity index (χ2v) is 7.34. The number of fused-ring (bicyclic) bond motifs is 1. The predicted molar refractivity (Wildman–Crippen MR) is 91.2 cm³/mol. The molecule has 130 valence electrons. The number of rotatable bonds is 4. The summed E-state index contributed by atoms with van der Waals surface area (Å²) >= 11 is 0. The zero-order valence-electron chi connectivity index (χ0n) is 14.4. The fourth-order valence-corrected chi connectivity index (χ4v) is 4.45. The van der Waals surface area contributed by atoms with E-state index in [1.807, 2.05) is 19.1 Å². The first-order chi connectivity index (χ1) is 11.6. The van der Waals surface area contributed by atoms with E-state index in [1.165, 1.54) is 12.0 Å². The number of urea groups is 1. The summed E-state index contributed by atoms with van der Waals surface area (Å²) in [7, 11) is 0. The molecular weight excluding hydrogens is 304 g/mol. The average molecular weight is 330 g/mol. The summed E-state index contributed by atoms with van der Waals surface area (Å²) in [5.74, 6) is 0.876. The lowest BCUT2D eigenvalue weighted by Crippen LogP contribution is -2.68. The third-order valence-electron chi connectivity index (χ3n) is 5.99. The monoisotopic (exact) mass is 330 g/mol. The lowest BCUT2D eigenvalue weighted by molar-refractivity contribution is -0.169. The maximum absolute atomic E-state index is 12.5. The molecule has 0 bridgehead atoms. The molecule has 5 nitrogen and oxygen atoms in total. The van der Waals surface area contributed by atoms with Gasteiger partial charge in [-0.1, -0.05) is 24.1 Å². The Hall–Kier alpha value is -1.75. The van der Waals surface area contributed by atoms with Gasteiger partial charge in [0, 0.05) is 23.6 Å². The molecule has 2 N–H and O–H groups in total. The first-order valence-electron chi connectivity index (χ1n) is 9.04. The standard InChI is InChI=1S/C19H26N2O3/c1-3-23-17-10-16(19(17)7-4-8-19)21-18(22)20-14-11-24-15-6-5-12(2)9-13(14)15/h5-6,9,14,16-17H,3-4,7-8,10-11H2,1-2H3,(H2,20,21,22)/t14-,16+,17+/m0/s1. The lowest BCUT2D eigenvalue weighted by atomic mass is 9.51. The van der Waals surface area contributed by atoms with Crippen molar-refractivity contribution in [3.05, 3.63) is 29.3 Å². The Bertz CT molecular complexity index is 641. The molecule has 4 rings (SSSR count). The van der Waals surface area contributed by atoms with Crippen LogP contribution in [0.4, 0.5) is 4.79 Å². The van der Waals surface area contributed by atoms with E-state index in [1.54, 1.807) is 0 Å². The molecule has 3 aliphatic rings. The minimum Gasteiger partial charge on any atom is -0.491 e. The highest BCUT2D eigenvalue weighted by molar-refractivity contribution is 5.75. The van der Waals surface area contributed by atoms with E-state index in [4.69, 9.17) is 9.47 Å². The number of carbonyl (C=O) groups is 1. The van der Waals surface area contributed by atoms with Crippen LogP contribution in [0.2, 0.25) is 0 Å². The lowest BCUT2D eigenvalue weighted by Gasteiger charge is -2.60. The Labute approximate surface area is 143 Å². The molecule has 2 amide bonds. The van der Waals surface area contributed by atoms with Crippen molar-refractivity contribution < 1.29 is 14.3 Å². The van der Waals surface area contributed by atoms with E-state index in [0.717, 1.165) is 37.2 Å². The van der Waals surface area contributed by atoms with Gasteiger partial charge in [-0.15, -0.1) is 0 Å². The number of hydrogen-bond donors (Lipinski definition) is 2. The van der Waals surface area contributed by atoms with Gasteiger partial charge in [0.05, 0.1) is 12.1 Å². The number of ether oxygens (including phenoxy) is 2. The van der Waals surface area contributed by atoms with Gasteiger partial charge >= 0.3 is 6.03 Å². The maximum atomic E-state index is 12.5. The highest BCUT2D eigenvalue weighted by Crippen LogP contribution is 2.57. The number of nitrogens with one attached hydrogen (secondary N) is 2. The molecule has 1 spiro atoms. The van der Waals surface area contributed by atoms with Crippen molar-refractivity contribution in [1.29, 1.82) is 0 Å². The van der Waals surface area contributed by atoms with Crippen molar-refractivity contribution in [1.82, 2.24) is 10.6 Å². The Kier molecular flexibility index (Phi) is 3.91. The molecule has 1 heterocycles. The predicted octanol–water partition coefficient (Wildman–Crippen LogP) is 3.08. The van der Waals surface area contributed by atoms with Crippen LogP contribution in [-0.2, 0) is 4.74 Å². The van der Waals surface area contributed by atoms with Gasteiger partial charge in [0.2, 0.25) is 0 Å². The van der Waals surface area contributed by atoms with Crippen LogP contribution in [0.15, 0.2) is 18.2 Å². The van der Waals surface area contributed by atoms with Gasteiger partial charge < -0.3 is 20.1 Å². The van der Waals surface area contributed by atoms with Gasteiger partial charge in [-0.25, -0.2) is 4.79 Å². The van der Waals surface area contributed by atoms with Crippen LogP contribution in [0.3, 0.4) is 0 Å². The summed E-state index contributed by atoms with van der Waals surface area (Å²) in [6, 6.07) is 6.18. The number of hydrogen-bond acceptors (Lipinski definition) is 3. The van der Waals surface area contributed by atoms with Crippen molar-refractivity contribution in [3.63, 3.8) is 0 Å². The maximum Gasteiger partial charge on any atom is 0.315 e. The van der Waals surface area contributed by atoms with Crippen molar-refractivity contribution >= 4 is 6.03 Å². The molecule has 1 aromatic carbocycles. The SMILES string of the molecule is CCO[C@@H]1C[C@@H](NC(=O)N[C@H]2COc3ccc(C)cc32)C12CCC2. The Morgan fingerprint density at radius 3 is 2.92 bits per heavy atom. The first kappa shape index (κ1) is 15.8. The van der Waals surface area contributed by atoms with Gasteiger partial charge in [0.25, 0.3) is 0 Å². The van der Waals surface area contributed by atoms with E-state index in [2.05, 4.69) is 23.6 Å². The molecule has 5 heteroatoms. The summed E-state index contributed by atoms with van der Waals surface area (Å²) in [5.41, 5.74) is 2.44. The fraction of sp³-hybridized carbons (Fsp3) is 0.632. The van der Waals surface area contributed by atoms with Gasteiger partial charge in [-0.2, -0.15) is 0 Å². The fourth-order valence-electron chi connectivity index (χ4n) is 4.45. The molecule has 0 saturated heterocycles. The van der Waals surface area contributed by atoms with Crippen molar-refractivity contribution in [3.8, 4) is 5.75 Å². The van der Waals surface area contributed by atoms with Gasteiger partial charge in [0.15, 0.2) is 0 Å². The second-order valence-electron chi connectivity index (χ2n) is 7.34. The van der Waals surface area contributed by atoms with Crippen LogP contribution in [0, 0.1) is 12.3 Å². The van der Waals surface area contributed by atoms with E-state index in [0.29, 0.717) is 12.7 Å².